The van der Waals surface area contributed by atoms with Crippen molar-refractivity contribution in [2.45, 2.75) is 13.0 Å². The maximum atomic E-state index is 5.62. The van der Waals surface area contributed by atoms with Crippen molar-refractivity contribution in [3.05, 3.63) is 28.0 Å². The average molecular weight is 253 g/mol. The van der Waals surface area contributed by atoms with Gasteiger partial charge in [0.25, 0.3) is 0 Å². The summed E-state index contributed by atoms with van der Waals surface area (Å²) in [4.78, 5) is 4.43. The summed E-state index contributed by atoms with van der Waals surface area (Å²) in [6.07, 6.45) is 1.67. The molecule has 2 aromatic heterocycles. The van der Waals surface area contributed by atoms with Gasteiger partial charge < -0.3 is 4.74 Å². The Morgan fingerprint density at radius 2 is 2.35 bits per heavy atom. The molecule has 0 aliphatic carbocycles. The lowest BCUT2D eigenvalue weighted by atomic mass is 10.1. The summed E-state index contributed by atoms with van der Waals surface area (Å²) in [5, 5.41) is 7.14. The Bertz CT molecular complexity index is 507. The number of hydrogen-bond acceptors (Lipinski definition) is 6. The zero-order valence-corrected chi connectivity index (χ0v) is 10.8. The number of nitrogens with two attached hydrogens (primary N) is 1. The molecule has 2 rings (SSSR count). The van der Waals surface area contributed by atoms with Crippen LogP contribution in [-0.4, -0.2) is 21.9 Å². The largest absolute Gasteiger partial charge is 0.493 e. The number of rotatable bonds is 4. The molecule has 17 heavy (non-hydrogen) atoms. The number of hydrogen-bond donors (Lipinski definition) is 2. The summed E-state index contributed by atoms with van der Waals surface area (Å²) in [7, 11) is 3.46. The van der Waals surface area contributed by atoms with Gasteiger partial charge in [-0.3, -0.25) is 10.5 Å². The molecule has 0 saturated carbocycles. The zero-order chi connectivity index (χ0) is 12.4. The highest BCUT2D eigenvalue weighted by molar-refractivity contribution is 7.09. The van der Waals surface area contributed by atoms with Crippen molar-refractivity contribution in [2.75, 3.05) is 7.11 Å². The van der Waals surface area contributed by atoms with Gasteiger partial charge in [-0.2, -0.15) is 5.10 Å². The molecular weight excluding hydrogens is 238 g/mol. The predicted molar refractivity (Wildman–Crippen MR) is 65.8 cm³/mol. The molecule has 2 heterocycles. The third-order valence-electron chi connectivity index (χ3n) is 2.54. The first-order chi connectivity index (χ1) is 8.17. The Labute approximate surface area is 103 Å². The molecule has 0 spiro atoms. The van der Waals surface area contributed by atoms with Crippen molar-refractivity contribution in [1.29, 1.82) is 0 Å². The van der Waals surface area contributed by atoms with E-state index in [1.165, 1.54) is 0 Å². The van der Waals surface area contributed by atoms with Gasteiger partial charge in [0.05, 0.1) is 24.0 Å². The number of ether oxygens (including phenoxy) is 1. The highest BCUT2D eigenvalue weighted by atomic mass is 32.1. The lowest BCUT2D eigenvalue weighted by molar-refractivity contribution is 0.400. The highest BCUT2D eigenvalue weighted by Crippen LogP contribution is 2.29. The molecule has 0 saturated heterocycles. The fourth-order valence-corrected chi connectivity index (χ4v) is 2.37. The minimum Gasteiger partial charge on any atom is -0.493 e. The van der Waals surface area contributed by atoms with E-state index in [1.807, 2.05) is 19.4 Å². The molecule has 0 aromatic carbocycles. The minimum atomic E-state index is -0.220. The maximum absolute atomic E-state index is 5.62. The van der Waals surface area contributed by atoms with Crippen molar-refractivity contribution in [3.63, 3.8) is 0 Å². The number of hydrazine groups is 1. The van der Waals surface area contributed by atoms with Crippen LogP contribution in [-0.2, 0) is 7.05 Å². The van der Waals surface area contributed by atoms with Crippen LogP contribution in [0.3, 0.4) is 0 Å². The number of nitrogens with one attached hydrogen (secondary N) is 1. The van der Waals surface area contributed by atoms with Crippen LogP contribution in [0, 0.1) is 6.92 Å². The van der Waals surface area contributed by atoms with Gasteiger partial charge in [-0.25, -0.2) is 10.4 Å². The van der Waals surface area contributed by atoms with Crippen molar-refractivity contribution in [2.24, 2.45) is 12.9 Å². The van der Waals surface area contributed by atoms with E-state index in [1.54, 1.807) is 29.3 Å². The second-order valence-corrected chi connectivity index (χ2v) is 4.68. The first-order valence-electron chi connectivity index (χ1n) is 5.11. The van der Waals surface area contributed by atoms with Gasteiger partial charge in [0, 0.05) is 12.4 Å². The smallest absolute Gasteiger partial charge is 0.162 e. The van der Waals surface area contributed by atoms with Gasteiger partial charge in [-0.05, 0) is 6.92 Å². The monoisotopic (exact) mass is 253 g/mol. The minimum absolute atomic E-state index is 0.220. The van der Waals surface area contributed by atoms with E-state index in [0.717, 1.165) is 16.4 Å². The van der Waals surface area contributed by atoms with Crippen molar-refractivity contribution >= 4 is 11.3 Å². The number of aryl methyl sites for hydroxylation is 2. The van der Waals surface area contributed by atoms with Gasteiger partial charge in [0.1, 0.15) is 11.7 Å². The van der Waals surface area contributed by atoms with Gasteiger partial charge >= 0.3 is 0 Å². The molecule has 0 bridgehead atoms. The molecular formula is C10H15N5OS. The summed E-state index contributed by atoms with van der Waals surface area (Å²) >= 11 is 1.59. The third-order valence-corrected chi connectivity index (χ3v) is 3.33. The Kier molecular flexibility index (Phi) is 3.41. The first-order valence-corrected chi connectivity index (χ1v) is 5.99. The molecule has 2 aromatic rings. The number of thiazole rings is 1. The van der Waals surface area contributed by atoms with Gasteiger partial charge in [-0.15, -0.1) is 11.3 Å². The van der Waals surface area contributed by atoms with E-state index < -0.39 is 0 Å². The summed E-state index contributed by atoms with van der Waals surface area (Å²) in [6, 6.07) is -0.220. The van der Waals surface area contributed by atoms with Crippen LogP contribution < -0.4 is 16.0 Å². The Hall–Kier alpha value is -1.44. The standard InChI is InChI=1S/C10H15N5OS/c1-6-13-7(5-17-6)9(14-11)10-8(16-3)4-12-15(10)2/h4-5,9,14H,11H2,1-3H3. The Morgan fingerprint density at radius 1 is 1.59 bits per heavy atom. The second kappa shape index (κ2) is 4.82. The fourth-order valence-electron chi connectivity index (χ4n) is 1.73. The van der Waals surface area contributed by atoms with E-state index in [9.17, 15) is 0 Å². The van der Waals surface area contributed by atoms with Gasteiger partial charge in [0.15, 0.2) is 5.75 Å². The summed E-state index contributed by atoms with van der Waals surface area (Å²) < 4.78 is 7.01. The average Bonchev–Trinajstić information content (AvgIpc) is 2.89. The van der Waals surface area contributed by atoms with Crippen molar-refractivity contribution < 1.29 is 4.74 Å². The molecule has 0 radical (unpaired) electrons. The van der Waals surface area contributed by atoms with Crippen LogP contribution in [0.1, 0.15) is 22.4 Å². The molecule has 3 N–H and O–H groups in total. The number of nitrogens with zero attached hydrogens (tertiary/aromatic N) is 3. The molecule has 0 aliphatic heterocycles. The summed E-state index contributed by atoms with van der Waals surface area (Å²) in [5.41, 5.74) is 4.49. The predicted octanol–water partition coefficient (Wildman–Crippen LogP) is 0.746. The van der Waals surface area contributed by atoms with Crippen LogP contribution in [0.15, 0.2) is 11.6 Å². The third kappa shape index (κ3) is 2.17. The van der Waals surface area contributed by atoms with Crippen LogP contribution >= 0.6 is 11.3 Å². The van der Waals surface area contributed by atoms with E-state index in [4.69, 9.17) is 10.6 Å². The quantitative estimate of drug-likeness (QED) is 0.621. The highest BCUT2D eigenvalue weighted by Gasteiger charge is 2.23. The van der Waals surface area contributed by atoms with E-state index in [2.05, 4.69) is 15.5 Å². The normalized spacial score (nSPS) is 12.7. The van der Waals surface area contributed by atoms with Crippen LogP contribution in [0.4, 0.5) is 0 Å². The van der Waals surface area contributed by atoms with Crippen LogP contribution in [0.5, 0.6) is 5.75 Å². The molecule has 92 valence electrons. The topological polar surface area (TPSA) is 78.0 Å². The molecule has 1 unspecified atom stereocenters. The Balaban J connectivity index is 2.44. The maximum Gasteiger partial charge on any atom is 0.162 e. The van der Waals surface area contributed by atoms with E-state index >= 15 is 0 Å². The molecule has 6 nitrogen and oxygen atoms in total. The van der Waals surface area contributed by atoms with Crippen LogP contribution in [0.25, 0.3) is 0 Å². The van der Waals surface area contributed by atoms with Crippen molar-refractivity contribution in [3.8, 4) is 5.75 Å². The lowest BCUT2D eigenvalue weighted by Crippen LogP contribution is -2.31. The number of aromatic nitrogens is 3. The molecule has 7 heteroatoms. The molecule has 1 atom stereocenters. The van der Waals surface area contributed by atoms with Crippen molar-refractivity contribution in [1.82, 2.24) is 20.2 Å². The fraction of sp³-hybridized carbons (Fsp3) is 0.400. The SMILES string of the molecule is COc1cnn(C)c1C(NN)c1csc(C)n1. The summed E-state index contributed by atoms with van der Waals surface area (Å²) in [6.45, 7) is 1.96. The lowest BCUT2D eigenvalue weighted by Gasteiger charge is -2.15. The first kappa shape index (κ1) is 12.0. The number of methoxy groups -OCH3 is 1. The van der Waals surface area contributed by atoms with E-state index in [-0.39, 0.29) is 6.04 Å². The molecule has 0 fully saturated rings. The van der Waals surface area contributed by atoms with Gasteiger partial charge in [0.2, 0.25) is 0 Å². The molecule has 0 aliphatic rings. The molecule has 0 amide bonds. The second-order valence-electron chi connectivity index (χ2n) is 3.61. The van der Waals surface area contributed by atoms with E-state index in [0.29, 0.717) is 5.75 Å². The Morgan fingerprint density at radius 3 is 2.88 bits per heavy atom. The van der Waals surface area contributed by atoms with Gasteiger partial charge in [-0.1, -0.05) is 0 Å². The zero-order valence-electron chi connectivity index (χ0n) is 9.97. The summed E-state index contributed by atoms with van der Waals surface area (Å²) in [5.74, 6) is 6.31. The van der Waals surface area contributed by atoms with Crippen LogP contribution in [0.2, 0.25) is 0 Å².